The maximum Gasteiger partial charge on any atom is 0.217 e. The molecule has 0 saturated heterocycles. The van der Waals surface area contributed by atoms with Gasteiger partial charge >= 0.3 is 0 Å². The first-order valence-corrected chi connectivity index (χ1v) is 6.47. The quantitative estimate of drug-likeness (QED) is 0.812. The monoisotopic (exact) mass is 248 g/mol. The molecule has 0 aromatic heterocycles. The molecule has 0 fully saturated rings. The molecule has 0 aliphatic rings. The molecule has 0 radical (unpaired) electrons. The zero-order valence-electron chi connectivity index (χ0n) is 11.6. The Balaban J connectivity index is 2.68. The van der Waals surface area contributed by atoms with Crippen LogP contribution in [0.5, 0.6) is 0 Å². The minimum atomic E-state index is -0.270. The molecule has 1 rings (SSSR count). The van der Waals surface area contributed by atoms with Crippen LogP contribution >= 0.6 is 0 Å². The summed E-state index contributed by atoms with van der Waals surface area (Å²) in [6.45, 7) is 6.18. The van der Waals surface area contributed by atoms with Crippen molar-refractivity contribution >= 4 is 5.91 Å². The van der Waals surface area contributed by atoms with E-state index in [0.717, 1.165) is 18.4 Å². The van der Waals surface area contributed by atoms with Crippen LogP contribution in [-0.2, 0) is 11.2 Å². The predicted octanol–water partition coefficient (Wildman–Crippen LogP) is 2.54. The minimum absolute atomic E-state index is 0.0507. The number of nitrogens with two attached hydrogens (primary N) is 2. The van der Waals surface area contributed by atoms with Gasteiger partial charge in [-0.1, -0.05) is 45.0 Å². The number of aryl methyl sites for hydroxylation is 1. The molecule has 0 heterocycles. The maximum absolute atomic E-state index is 11.0. The standard InChI is InChI=1S/C15H24N2O/c1-4-11-5-7-12(8-6-11)13(16)9-15(2,3)10-14(17)18/h5-8,13H,4,9-10,16H2,1-3H3,(H2,17,18). The lowest BCUT2D eigenvalue weighted by Crippen LogP contribution is -2.27. The highest BCUT2D eigenvalue weighted by molar-refractivity contribution is 5.74. The molecule has 0 saturated carbocycles. The van der Waals surface area contributed by atoms with Crippen LogP contribution in [0.4, 0.5) is 0 Å². The molecule has 1 atom stereocenters. The van der Waals surface area contributed by atoms with Gasteiger partial charge in [0.2, 0.25) is 5.91 Å². The molecule has 0 bridgehead atoms. The van der Waals surface area contributed by atoms with Gasteiger partial charge < -0.3 is 11.5 Å². The van der Waals surface area contributed by atoms with Crippen molar-refractivity contribution in [2.75, 3.05) is 0 Å². The van der Waals surface area contributed by atoms with Crippen molar-refractivity contribution in [3.8, 4) is 0 Å². The van der Waals surface area contributed by atoms with Crippen molar-refractivity contribution in [3.05, 3.63) is 35.4 Å². The van der Waals surface area contributed by atoms with Gasteiger partial charge in [-0.3, -0.25) is 4.79 Å². The second kappa shape index (κ2) is 6.01. The summed E-state index contributed by atoms with van der Waals surface area (Å²) in [4.78, 5) is 11.0. The van der Waals surface area contributed by atoms with E-state index in [1.54, 1.807) is 0 Å². The highest BCUT2D eigenvalue weighted by Gasteiger charge is 2.24. The first-order valence-electron chi connectivity index (χ1n) is 6.47. The number of carbonyl (C=O) groups is 1. The molecule has 3 heteroatoms. The number of rotatable bonds is 6. The molecule has 1 aromatic rings. The van der Waals surface area contributed by atoms with Gasteiger partial charge in [-0.25, -0.2) is 0 Å². The first kappa shape index (κ1) is 14.7. The average Bonchev–Trinajstić information content (AvgIpc) is 2.26. The van der Waals surface area contributed by atoms with E-state index in [4.69, 9.17) is 11.5 Å². The molecule has 1 aromatic carbocycles. The topological polar surface area (TPSA) is 69.1 Å². The van der Waals surface area contributed by atoms with Crippen molar-refractivity contribution in [2.24, 2.45) is 16.9 Å². The van der Waals surface area contributed by atoms with Crippen molar-refractivity contribution in [1.29, 1.82) is 0 Å². The molecular formula is C15H24N2O. The van der Waals surface area contributed by atoms with E-state index >= 15 is 0 Å². The van der Waals surface area contributed by atoms with Crippen LogP contribution in [0, 0.1) is 5.41 Å². The van der Waals surface area contributed by atoms with Crippen molar-refractivity contribution in [1.82, 2.24) is 0 Å². The van der Waals surface area contributed by atoms with Crippen LogP contribution in [0.2, 0.25) is 0 Å². The average molecular weight is 248 g/mol. The highest BCUT2D eigenvalue weighted by Crippen LogP contribution is 2.31. The van der Waals surface area contributed by atoms with Crippen LogP contribution < -0.4 is 11.5 Å². The molecule has 0 aliphatic heterocycles. The summed E-state index contributed by atoms with van der Waals surface area (Å²) in [6.07, 6.45) is 2.15. The molecule has 0 aliphatic carbocycles. The maximum atomic E-state index is 11.0. The van der Waals surface area contributed by atoms with Crippen LogP contribution in [0.15, 0.2) is 24.3 Å². The molecule has 1 amide bonds. The van der Waals surface area contributed by atoms with Crippen molar-refractivity contribution in [3.63, 3.8) is 0 Å². The molecule has 18 heavy (non-hydrogen) atoms. The predicted molar refractivity (Wildman–Crippen MR) is 75.0 cm³/mol. The fourth-order valence-electron chi connectivity index (χ4n) is 2.26. The lowest BCUT2D eigenvalue weighted by atomic mass is 9.81. The normalized spacial score (nSPS) is 13.3. The van der Waals surface area contributed by atoms with Gasteiger partial charge in [0.15, 0.2) is 0 Å². The number of hydrogen-bond donors (Lipinski definition) is 2. The lowest BCUT2D eigenvalue weighted by molar-refractivity contribution is -0.120. The Morgan fingerprint density at radius 3 is 2.28 bits per heavy atom. The summed E-state index contributed by atoms with van der Waals surface area (Å²) in [6, 6.07) is 8.31. The van der Waals surface area contributed by atoms with E-state index in [1.165, 1.54) is 5.56 Å². The van der Waals surface area contributed by atoms with Crippen LogP contribution in [0.1, 0.15) is 50.8 Å². The van der Waals surface area contributed by atoms with Gasteiger partial charge in [0.1, 0.15) is 0 Å². The van der Waals surface area contributed by atoms with E-state index in [2.05, 4.69) is 31.2 Å². The Bertz CT molecular complexity index is 395. The first-order chi connectivity index (χ1) is 8.34. The van der Waals surface area contributed by atoms with Gasteiger partial charge in [-0.05, 0) is 29.4 Å². The third-order valence-corrected chi connectivity index (χ3v) is 3.24. The van der Waals surface area contributed by atoms with Gasteiger partial charge in [-0.2, -0.15) is 0 Å². The fourth-order valence-corrected chi connectivity index (χ4v) is 2.26. The molecule has 3 nitrogen and oxygen atoms in total. The number of amides is 1. The summed E-state index contributed by atoms with van der Waals surface area (Å²) >= 11 is 0. The summed E-state index contributed by atoms with van der Waals surface area (Å²) in [5.74, 6) is -0.270. The van der Waals surface area contributed by atoms with Crippen LogP contribution in [-0.4, -0.2) is 5.91 Å². The molecule has 1 unspecified atom stereocenters. The van der Waals surface area contributed by atoms with Crippen LogP contribution in [0.3, 0.4) is 0 Å². The second-order valence-electron chi connectivity index (χ2n) is 5.71. The Morgan fingerprint density at radius 1 is 1.28 bits per heavy atom. The zero-order valence-corrected chi connectivity index (χ0v) is 11.6. The summed E-state index contributed by atoms with van der Waals surface area (Å²) in [7, 11) is 0. The largest absolute Gasteiger partial charge is 0.370 e. The molecule has 0 spiro atoms. The Kier molecular flexibility index (Phi) is 4.91. The molecular weight excluding hydrogens is 224 g/mol. The van der Waals surface area contributed by atoms with E-state index in [-0.39, 0.29) is 17.4 Å². The molecule has 100 valence electrons. The van der Waals surface area contributed by atoms with E-state index in [9.17, 15) is 4.79 Å². The highest BCUT2D eigenvalue weighted by atomic mass is 16.1. The van der Waals surface area contributed by atoms with E-state index in [0.29, 0.717) is 6.42 Å². The fraction of sp³-hybridized carbons (Fsp3) is 0.533. The van der Waals surface area contributed by atoms with Gasteiger partial charge in [0, 0.05) is 12.5 Å². The summed E-state index contributed by atoms with van der Waals surface area (Å²) < 4.78 is 0. The third kappa shape index (κ3) is 4.49. The lowest BCUT2D eigenvalue weighted by Gasteiger charge is -2.27. The third-order valence-electron chi connectivity index (χ3n) is 3.24. The zero-order chi connectivity index (χ0) is 13.8. The Hall–Kier alpha value is -1.35. The molecule has 4 N–H and O–H groups in total. The smallest absolute Gasteiger partial charge is 0.217 e. The van der Waals surface area contributed by atoms with Gasteiger partial charge in [0.05, 0.1) is 0 Å². The summed E-state index contributed by atoms with van der Waals surface area (Å²) in [5.41, 5.74) is 13.7. The number of carbonyl (C=O) groups excluding carboxylic acids is 1. The number of primary amides is 1. The number of benzene rings is 1. The summed E-state index contributed by atoms with van der Waals surface area (Å²) in [5, 5.41) is 0. The number of hydrogen-bond acceptors (Lipinski definition) is 2. The Morgan fingerprint density at radius 2 is 1.83 bits per heavy atom. The Labute approximate surface area is 110 Å². The SMILES string of the molecule is CCc1ccc(C(N)CC(C)(C)CC(N)=O)cc1. The van der Waals surface area contributed by atoms with Gasteiger partial charge in [0.25, 0.3) is 0 Å². The minimum Gasteiger partial charge on any atom is -0.370 e. The van der Waals surface area contributed by atoms with E-state index in [1.807, 2.05) is 13.8 Å². The van der Waals surface area contributed by atoms with Crippen molar-refractivity contribution < 1.29 is 4.79 Å². The second-order valence-corrected chi connectivity index (χ2v) is 5.71. The van der Waals surface area contributed by atoms with Crippen molar-refractivity contribution in [2.45, 2.75) is 46.1 Å². The van der Waals surface area contributed by atoms with Crippen LogP contribution in [0.25, 0.3) is 0 Å². The van der Waals surface area contributed by atoms with Gasteiger partial charge in [-0.15, -0.1) is 0 Å². The van der Waals surface area contributed by atoms with E-state index < -0.39 is 0 Å².